The van der Waals surface area contributed by atoms with Gasteiger partial charge < -0.3 is 10.1 Å². The van der Waals surface area contributed by atoms with Crippen molar-refractivity contribution in [3.63, 3.8) is 0 Å². The van der Waals surface area contributed by atoms with Crippen LogP contribution in [0.3, 0.4) is 0 Å². The van der Waals surface area contributed by atoms with E-state index in [0.29, 0.717) is 6.10 Å². The maximum Gasteiger partial charge on any atom is 0.0690 e. The first-order chi connectivity index (χ1) is 6.33. The minimum absolute atomic E-state index is 0.512. The number of nitrogens with one attached hydrogen (secondary N) is 1. The minimum atomic E-state index is 0.512. The third-order valence-electron chi connectivity index (χ3n) is 2.45. The van der Waals surface area contributed by atoms with Crippen LogP contribution < -0.4 is 5.32 Å². The Morgan fingerprint density at radius 2 is 2.15 bits per heavy atom. The molecule has 0 radical (unpaired) electrons. The van der Waals surface area contributed by atoms with Gasteiger partial charge in [0.05, 0.1) is 12.7 Å². The summed E-state index contributed by atoms with van der Waals surface area (Å²) in [4.78, 5) is 0. The summed E-state index contributed by atoms with van der Waals surface area (Å²) in [5.41, 5.74) is 1.16. The van der Waals surface area contributed by atoms with Crippen LogP contribution in [0.2, 0.25) is 0 Å². The third kappa shape index (κ3) is 4.44. The van der Waals surface area contributed by atoms with Crippen molar-refractivity contribution in [3.8, 4) is 0 Å². The van der Waals surface area contributed by atoms with E-state index in [4.69, 9.17) is 4.74 Å². The van der Waals surface area contributed by atoms with Crippen LogP contribution in [0.15, 0.2) is 12.2 Å². The lowest BCUT2D eigenvalue weighted by Gasteiger charge is -2.12. The number of rotatable bonds is 6. The van der Waals surface area contributed by atoms with Crippen molar-refractivity contribution >= 4 is 0 Å². The molecule has 0 unspecified atom stereocenters. The maximum atomic E-state index is 5.72. The van der Waals surface area contributed by atoms with Crippen molar-refractivity contribution < 1.29 is 4.74 Å². The monoisotopic (exact) mass is 183 g/mol. The SMILES string of the molecule is C=C(CNCC)COC1CCCC1. The van der Waals surface area contributed by atoms with Crippen LogP contribution in [-0.2, 0) is 4.74 Å². The standard InChI is InChI=1S/C11H21NO/c1-3-12-8-10(2)9-13-11-6-4-5-7-11/h11-12H,2-9H2,1H3. The van der Waals surface area contributed by atoms with Crippen LogP contribution in [0.5, 0.6) is 0 Å². The molecule has 76 valence electrons. The van der Waals surface area contributed by atoms with E-state index in [1.165, 1.54) is 25.7 Å². The largest absolute Gasteiger partial charge is 0.374 e. The smallest absolute Gasteiger partial charge is 0.0690 e. The van der Waals surface area contributed by atoms with Crippen molar-refractivity contribution in [3.05, 3.63) is 12.2 Å². The van der Waals surface area contributed by atoms with E-state index in [-0.39, 0.29) is 0 Å². The zero-order valence-corrected chi connectivity index (χ0v) is 8.64. The Hall–Kier alpha value is -0.340. The molecule has 1 fully saturated rings. The molecule has 0 aliphatic heterocycles. The lowest BCUT2D eigenvalue weighted by molar-refractivity contribution is 0.0746. The van der Waals surface area contributed by atoms with Crippen LogP contribution in [0.4, 0.5) is 0 Å². The normalized spacial score (nSPS) is 17.9. The van der Waals surface area contributed by atoms with Gasteiger partial charge in [-0.15, -0.1) is 0 Å². The molecule has 1 aliphatic rings. The van der Waals surface area contributed by atoms with E-state index in [9.17, 15) is 0 Å². The molecule has 0 atom stereocenters. The summed E-state index contributed by atoms with van der Waals surface area (Å²) in [5.74, 6) is 0. The Labute approximate surface area is 81.4 Å². The summed E-state index contributed by atoms with van der Waals surface area (Å²) in [6.07, 6.45) is 5.68. The van der Waals surface area contributed by atoms with Gasteiger partial charge in [0.15, 0.2) is 0 Å². The molecule has 0 aromatic heterocycles. The molecule has 0 saturated heterocycles. The van der Waals surface area contributed by atoms with Gasteiger partial charge in [0.2, 0.25) is 0 Å². The predicted octanol–water partition coefficient (Wildman–Crippen LogP) is 2.11. The van der Waals surface area contributed by atoms with Gasteiger partial charge in [-0.3, -0.25) is 0 Å². The quantitative estimate of drug-likeness (QED) is 0.637. The van der Waals surface area contributed by atoms with E-state index in [2.05, 4.69) is 18.8 Å². The highest BCUT2D eigenvalue weighted by Gasteiger charge is 2.14. The van der Waals surface area contributed by atoms with Crippen LogP contribution in [0.25, 0.3) is 0 Å². The molecule has 1 N–H and O–H groups in total. The molecule has 0 amide bonds. The zero-order valence-electron chi connectivity index (χ0n) is 8.64. The van der Waals surface area contributed by atoms with E-state index in [1.54, 1.807) is 0 Å². The van der Waals surface area contributed by atoms with Crippen LogP contribution in [0.1, 0.15) is 32.6 Å². The molecule has 1 rings (SSSR count). The molecule has 13 heavy (non-hydrogen) atoms. The van der Waals surface area contributed by atoms with Gasteiger partial charge in [0, 0.05) is 6.54 Å². The van der Waals surface area contributed by atoms with Gasteiger partial charge in [-0.05, 0) is 25.0 Å². The van der Waals surface area contributed by atoms with Gasteiger partial charge in [-0.25, -0.2) is 0 Å². The van der Waals surface area contributed by atoms with E-state index in [1.807, 2.05) is 0 Å². The second kappa shape index (κ2) is 6.17. The fourth-order valence-electron chi connectivity index (χ4n) is 1.64. The fraction of sp³-hybridized carbons (Fsp3) is 0.818. The Balaban J connectivity index is 2.00. The molecule has 2 heteroatoms. The van der Waals surface area contributed by atoms with Gasteiger partial charge in [0.25, 0.3) is 0 Å². The molecular weight excluding hydrogens is 162 g/mol. The predicted molar refractivity (Wildman–Crippen MR) is 55.9 cm³/mol. The molecule has 2 nitrogen and oxygen atoms in total. The molecule has 0 heterocycles. The minimum Gasteiger partial charge on any atom is -0.374 e. The summed E-state index contributed by atoms with van der Waals surface area (Å²) in [6.45, 7) is 8.70. The topological polar surface area (TPSA) is 21.3 Å². The highest BCUT2D eigenvalue weighted by Crippen LogP contribution is 2.21. The average Bonchev–Trinajstić information content (AvgIpc) is 2.64. The Bertz CT molecular complexity index is 150. The molecule has 0 aromatic rings. The number of hydrogen-bond donors (Lipinski definition) is 1. The molecule has 1 aliphatic carbocycles. The second-order valence-electron chi connectivity index (χ2n) is 3.75. The van der Waals surface area contributed by atoms with Crippen molar-refractivity contribution in [2.24, 2.45) is 0 Å². The van der Waals surface area contributed by atoms with Crippen LogP contribution >= 0.6 is 0 Å². The van der Waals surface area contributed by atoms with Gasteiger partial charge in [0.1, 0.15) is 0 Å². The Morgan fingerprint density at radius 1 is 1.46 bits per heavy atom. The number of likely N-dealkylation sites (N-methyl/N-ethyl adjacent to an activating group) is 1. The van der Waals surface area contributed by atoms with Crippen molar-refractivity contribution in [1.29, 1.82) is 0 Å². The first kappa shape index (κ1) is 10.7. The summed E-state index contributed by atoms with van der Waals surface area (Å²) in [5, 5.41) is 3.24. The highest BCUT2D eigenvalue weighted by atomic mass is 16.5. The third-order valence-corrected chi connectivity index (χ3v) is 2.45. The number of hydrogen-bond acceptors (Lipinski definition) is 2. The lowest BCUT2D eigenvalue weighted by atomic mass is 10.3. The molecule has 0 bridgehead atoms. The van der Waals surface area contributed by atoms with Crippen LogP contribution in [0, 0.1) is 0 Å². The molecule has 1 saturated carbocycles. The summed E-state index contributed by atoms with van der Waals surface area (Å²) >= 11 is 0. The van der Waals surface area contributed by atoms with Gasteiger partial charge >= 0.3 is 0 Å². The van der Waals surface area contributed by atoms with Gasteiger partial charge in [-0.2, -0.15) is 0 Å². The Kier molecular flexibility index (Phi) is 5.09. The molecule has 0 aromatic carbocycles. The summed E-state index contributed by atoms with van der Waals surface area (Å²) < 4.78 is 5.72. The van der Waals surface area contributed by atoms with E-state index in [0.717, 1.165) is 25.3 Å². The van der Waals surface area contributed by atoms with E-state index >= 15 is 0 Å². The lowest BCUT2D eigenvalue weighted by Crippen LogP contribution is -2.19. The van der Waals surface area contributed by atoms with Crippen molar-refractivity contribution in [2.75, 3.05) is 19.7 Å². The zero-order chi connectivity index (χ0) is 9.52. The first-order valence-corrected chi connectivity index (χ1v) is 5.32. The second-order valence-corrected chi connectivity index (χ2v) is 3.75. The first-order valence-electron chi connectivity index (χ1n) is 5.32. The van der Waals surface area contributed by atoms with Crippen molar-refractivity contribution in [2.45, 2.75) is 38.7 Å². The van der Waals surface area contributed by atoms with Crippen molar-refractivity contribution in [1.82, 2.24) is 5.32 Å². The van der Waals surface area contributed by atoms with E-state index < -0.39 is 0 Å². The molecular formula is C11H21NO. The summed E-state index contributed by atoms with van der Waals surface area (Å²) in [6, 6.07) is 0. The maximum absolute atomic E-state index is 5.72. The fourth-order valence-corrected chi connectivity index (χ4v) is 1.64. The Morgan fingerprint density at radius 3 is 2.77 bits per heavy atom. The number of ether oxygens (including phenoxy) is 1. The summed E-state index contributed by atoms with van der Waals surface area (Å²) in [7, 11) is 0. The molecule has 0 spiro atoms. The van der Waals surface area contributed by atoms with Gasteiger partial charge in [-0.1, -0.05) is 26.3 Å². The van der Waals surface area contributed by atoms with Crippen LogP contribution in [-0.4, -0.2) is 25.8 Å². The average molecular weight is 183 g/mol. The highest BCUT2D eigenvalue weighted by molar-refractivity contribution is 4.96.